The van der Waals surface area contributed by atoms with Gasteiger partial charge in [-0.3, -0.25) is 14.5 Å². The fraction of sp³-hybridized carbons (Fsp3) is 0.286. The minimum atomic E-state index is -0.171. The Kier molecular flexibility index (Phi) is 3.38. The minimum absolute atomic E-state index is 0.171. The van der Waals surface area contributed by atoms with Crippen molar-refractivity contribution in [3.63, 3.8) is 0 Å². The molecule has 0 saturated carbocycles. The first-order valence-corrected chi connectivity index (χ1v) is 5.86. The first-order valence-electron chi connectivity index (χ1n) is 5.86. The van der Waals surface area contributed by atoms with E-state index in [0.717, 1.165) is 12.8 Å². The van der Waals surface area contributed by atoms with Gasteiger partial charge in [0, 0.05) is 6.54 Å². The largest absolute Gasteiger partial charge is 0.274 e. The van der Waals surface area contributed by atoms with Crippen molar-refractivity contribution in [1.29, 1.82) is 0 Å². The number of hydrogen-bond donors (Lipinski definition) is 0. The third-order valence-corrected chi connectivity index (χ3v) is 2.80. The first kappa shape index (κ1) is 11.6. The zero-order valence-electron chi connectivity index (χ0n) is 9.85. The molecule has 2 amide bonds. The molecule has 88 valence electrons. The zero-order valence-corrected chi connectivity index (χ0v) is 9.85. The van der Waals surface area contributed by atoms with Gasteiger partial charge >= 0.3 is 0 Å². The highest BCUT2D eigenvalue weighted by Crippen LogP contribution is 2.22. The molecule has 0 atom stereocenters. The van der Waals surface area contributed by atoms with E-state index in [0.29, 0.717) is 17.7 Å². The quantitative estimate of drug-likeness (QED) is 0.588. The van der Waals surface area contributed by atoms with Gasteiger partial charge in [0.1, 0.15) is 0 Å². The van der Waals surface area contributed by atoms with Gasteiger partial charge in [0.25, 0.3) is 11.8 Å². The van der Waals surface area contributed by atoms with Crippen LogP contribution in [0, 0.1) is 0 Å². The predicted octanol–water partition coefficient (Wildman–Crippen LogP) is 2.64. The van der Waals surface area contributed by atoms with Crippen LogP contribution in [0.25, 0.3) is 0 Å². The molecular weight excluding hydrogens is 214 g/mol. The predicted molar refractivity (Wildman–Crippen MR) is 65.9 cm³/mol. The van der Waals surface area contributed by atoms with E-state index >= 15 is 0 Å². The van der Waals surface area contributed by atoms with E-state index in [9.17, 15) is 9.59 Å². The van der Waals surface area contributed by atoms with Gasteiger partial charge in [-0.25, -0.2) is 0 Å². The lowest BCUT2D eigenvalue weighted by atomic mass is 10.1. The van der Waals surface area contributed by atoms with E-state index in [1.54, 1.807) is 24.3 Å². The molecule has 1 aromatic rings. The van der Waals surface area contributed by atoms with Crippen molar-refractivity contribution in [2.75, 3.05) is 6.54 Å². The monoisotopic (exact) mass is 229 g/mol. The number of allylic oxidation sites excluding steroid dienone is 1. The zero-order chi connectivity index (χ0) is 12.3. The van der Waals surface area contributed by atoms with Crippen LogP contribution in [-0.4, -0.2) is 23.3 Å². The first-order chi connectivity index (χ1) is 8.25. The van der Waals surface area contributed by atoms with Crippen molar-refractivity contribution in [2.24, 2.45) is 0 Å². The Bertz CT molecular complexity index is 442. The summed E-state index contributed by atoms with van der Waals surface area (Å²) in [5, 5.41) is 0. The van der Waals surface area contributed by atoms with Crippen molar-refractivity contribution >= 4 is 11.8 Å². The molecule has 0 saturated heterocycles. The Morgan fingerprint density at radius 2 is 1.65 bits per heavy atom. The lowest BCUT2D eigenvalue weighted by Crippen LogP contribution is -2.30. The maximum Gasteiger partial charge on any atom is 0.261 e. The van der Waals surface area contributed by atoms with Crippen LogP contribution in [0.2, 0.25) is 0 Å². The summed E-state index contributed by atoms with van der Waals surface area (Å²) >= 11 is 0. The van der Waals surface area contributed by atoms with Crippen LogP contribution in [0.5, 0.6) is 0 Å². The molecule has 1 aliphatic heterocycles. The van der Waals surface area contributed by atoms with E-state index in [-0.39, 0.29) is 11.8 Å². The topological polar surface area (TPSA) is 37.4 Å². The Balaban J connectivity index is 2.11. The number of imide groups is 1. The van der Waals surface area contributed by atoms with E-state index < -0.39 is 0 Å². The Morgan fingerprint density at radius 1 is 1.06 bits per heavy atom. The van der Waals surface area contributed by atoms with Gasteiger partial charge in [0.05, 0.1) is 11.1 Å². The van der Waals surface area contributed by atoms with Crippen molar-refractivity contribution in [2.45, 2.75) is 19.8 Å². The van der Waals surface area contributed by atoms with Crippen LogP contribution in [-0.2, 0) is 0 Å². The Labute approximate surface area is 101 Å². The summed E-state index contributed by atoms with van der Waals surface area (Å²) in [5.74, 6) is -0.342. The summed E-state index contributed by atoms with van der Waals surface area (Å²) in [6, 6.07) is 6.98. The number of carbonyl (C=O) groups is 2. The van der Waals surface area contributed by atoms with Crippen LogP contribution >= 0.6 is 0 Å². The molecule has 2 rings (SSSR count). The van der Waals surface area contributed by atoms with Crippen LogP contribution in [0.15, 0.2) is 36.4 Å². The number of amides is 2. The lowest BCUT2D eigenvalue weighted by Gasteiger charge is -2.11. The van der Waals surface area contributed by atoms with Crippen LogP contribution in [0.1, 0.15) is 40.5 Å². The number of rotatable bonds is 4. The van der Waals surface area contributed by atoms with E-state index in [4.69, 9.17) is 0 Å². The van der Waals surface area contributed by atoms with Gasteiger partial charge in [-0.1, -0.05) is 31.2 Å². The highest BCUT2D eigenvalue weighted by molar-refractivity contribution is 6.21. The number of benzene rings is 1. The van der Waals surface area contributed by atoms with E-state index in [1.807, 2.05) is 12.2 Å². The van der Waals surface area contributed by atoms with Crippen molar-refractivity contribution < 1.29 is 9.59 Å². The van der Waals surface area contributed by atoms with Crippen LogP contribution in [0.4, 0.5) is 0 Å². The molecule has 0 unspecified atom stereocenters. The molecule has 1 aliphatic rings. The maximum absolute atomic E-state index is 12.0. The maximum atomic E-state index is 12.0. The second-order valence-electron chi connectivity index (χ2n) is 3.98. The van der Waals surface area contributed by atoms with Crippen LogP contribution < -0.4 is 0 Å². The van der Waals surface area contributed by atoms with Gasteiger partial charge < -0.3 is 0 Å². The molecule has 0 bridgehead atoms. The van der Waals surface area contributed by atoms with Gasteiger partial charge in [-0.15, -0.1) is 0 Å². The van der Waals surface area contributed by atoms with E-state index in [2.05, 4.69) is 6.92 Å². The summed E-state index contributed by atoms with van der Waals surface area (Å²) < 4.78 is 0. The van der Waals surface area contributed by atoms with Crippen LogP contribution in [0.3, 0.4) is 0 Å². The summed E-state index contributed by atoms with van der Waals surface area (Å²) in [7, 11) is 0. The Hall–Kier alpha value is -1.90. The minimum Gasteiger partial charge on any atom is -0.274 e. The fourth-order valence-electron chi connectivity index (χ4n) is 1.93. The lowest BCUT2D eigenvalue weighted by molar-refractivity contribution is 0.0657. The second-order valence-corrected chi connectivity index (χ2v) is 3.98. The Morgan fingerprint density at radius 3 is 2.18 bits per heavy atom. The smallest absolute Gasteiger partial charge is 0.261 e. The molecular formula is C14H15NO2. The van der Waals surface area contributed by atoms with Gasteiger partial charge in [-0.05, 0) is 25.0 Å². The molecule has 3 heteroatoms. The van der Waals surface area contributed by atoms with Gasteiger partial charge in [0.15, 0.2) is 0 Å². The molecule has 0 spiro atoms. The van der Waals surface area contributed by atoms with Gasteiger partial charge in [0.2, 0.25) is 0 Å². The molecule has 1 aromatic carbocycles. The highest BCUT2D eigenvalue weighted by atomic mass is 16.2. The fourth-order valence-corrected chi connectivity index (χ4v) is 1.93. The average molecular weight is 229 g/mol. The number of nitrogens with zero attached hydrogens (tertiary/aromatic N) is 1. The summed E-state index contributed by atoms with van der Waals surface area (Å²) in [4.78, 5) is 25.2. The molecule has 0 aromatic heterocycles. The number of hydrogen-bond acceptors (Lipinski definition) is 2. The summed E-state index contributed by atoms with van der Waals surface area (Å²) in [5.41, 5.74) is 1.05. The average Bonchev–Trinajstić information content (AvgIpc) is 2.60. The molecule has 3 nitrogen and oxygen atoms in total. The normalized spacial score (nSPS) is 14.8. The standard InChI is InChI=1S/C14H15NO2/c1-2-3-4-7-10-15-13(16)11-8-5-6-9-12(11)14(15)17/h3-6,8-9H,2,7,10H2,1H3/b4-3-. The third kappa shape index (κ3) is 2.13. The van der Waals surface area contributed by atoms with Crippen molar-refractivity contribution in [3.8, 4) is 0 Å². The molecule has 0 fully saturated rings. The third-order valence-electron chi connectivity index (χ3n) is 2.80. The second kappa shape index (κ2) is 4.95. The number of fused-ring (bicyclic) bond motifs is 1. The highest BCUT2D eigenvalue weighted by Gasteiger charge is 2.34. The van der Waals surface area contributed by atoms with Crippen molar-refractivity contribution in [3.05, 3.63) is 47.5 Å². The SMILES string of the molecule is CC/C=C\CCN1C(=O)c2ccccc2C1=O. The summed E-state index contributed by atoms with van der Waals surface area (Å²) in [6.45, 7) is 2.52. The van der Waals surface area contributed by atoms with E-state index in [1.165, 1.54) is 4.90 Å². The molecule has 0 aliphatic carbocycles. The molecule has 1 heterocycles. The number of carbonyl (C=O) groups excluding carboxylic acids is 2. The van der Waals surface area contributed by atoms with Crippen molar-refractivity contribution in [1.82, 2.24) is 4.90 Å². The molecule has 17 heavy (non-hydrogen) atoms. The molecule has 0 radical (unpaired) electrons. The van der Waals surface area contributed by atoms with Gasteiger partial charge in [-0.2, -0.15) is 0 Å². The molecule has 0 N–H and O–H groups in total. The summed E-state index contributed by atoms with van der Waals surface area (Å²) in [6.07, 6.45) is 5.74.